The van der Waals surface area contributed by atoms with Gasteiger partial charge in [0.15, 0.2) is 5.82 Å². The molecule has 2 rings (SSSR count). The van der Waals surface area contributed by atoms with Gasteiger partial charge in [0.25, 0.3) is 0 Å². The molecular formula is C12H12Cl2FN3O. The Balaban J connectivity index is 2.00. The van der Waals surface area contributed by atoms with Gasteiger partial charge in [-0.3, -0.25) is 0 Å². The predicted octanol–water partition coefficient (Wildman–Crippen LogP) is 3.41. The van der Waals surface area contributed by atoms with Crippen LogP contribution in [0.5, 0.6) is 0 Å². The minimum Gasteiger partial charge on any atom is -0.343 e. The number of aromatic nitrogens is 2. The number of hydrogen-bond acceptors (Lipinski definition) is 4. The molecule has 2 aromatic rings. The molecule has 102 valence electrons. The molecule has 0 radical (unpaired) electrons. The van der Waals surface area contributed by atoms with Crippen molar-refractivity contribution in [2.45, 2.75) is 19.4 Å². The molecule has 1 atom stereocenters. The molecule has 0 amide bonds. The molecular weight excluding hydrogens is 292 g/mol. The number of benzene rings is 1. The van der Waals surface area contributed by atoms with Crippen molar-refractivity contribution < 1.29 is 8.91 Å². The van der Waals surface area contributed by atoms with Crippen LogP contribution in [-0.4, -0.2) is 16.7 Å². The van der Waals surface area contributed by atoms with Crippen molar-refractivity contribution in [3.63, 3.8) is 0 Å². The number of halogens is 3. The lowest BCUT2D eigenvalue weighted by Crippen LogP contribution is -2.22. The molecule has 19 heavy (non-hydrogen) atoms. The lowest BCUT2D eigenvalue weighted by atomic mass is 10.1. The van der Waals surface area contributed by atoms with Crippen molar-refractivity contribution >= 4 is 23.2 Å². The summed E-state index contributed by atoms with van der Waals surface area (Å²) in [4.78, 5) is 3.91. The maximum atomic E-state index is 13.4. The molecule has 0 saturated carbocycles. The van der Waals surface area contributed by atoms with E-state index in [1.165, 1.54) is 18.5 Å². The van der Waals surface area contributed by atoms with E-state index in [-0.39, 0.29) is 11.1 Å². The van der Waals surface area contributed by atoms with Gasteiger partial charge in [-0.2, -0.15) is 4.98 Å². The number of rotatable bonds is 5. The molecule has 0 bridgehead atoms. The summed E-state index contributed by atoms with van der Waals surface area (Å²) in [5, 5.41) is 7.37. The van der Waals surface area contributed by atoms with Gasteiger partial charge in [-0.25, -0.2) is 4.39 Å². The molecule has 1 unspecified atom stereocenters. The average molecular weight is 304 g/mol. The van der Waals surface area contributed by atoms with Crippen LogP contribution in [0.1, 0.15) is 24.4 Å². The quantitative estimate of drug-likeness (QED) is 0.860. The van der Waals surface area contributed by atoms with Crippen LogP contribution in [-0.2, 0) is 6.42 Å². The van der Waals surface area contributed by atoms with Crippen molar-refractivity contribution in [3.8, 4) is 0 Å². The highest BCUT2D eigenvalue weighted by atomic mass is 35.5. The first-order valence-electron chi connectivity index (χ1n) is 5.71. The second-order valence-electron chi connectivity index (χ2n) is 4.03. The van der Waals surface area contributed by atoms with Gasteiger partial charge >= 0.3 is 0 Å². The Kier molecular flexibility index (Phi) is 4.74. The van der Waals surface area contributed by atoms with Crippen molar-refractivity contribution in [2.75, 3.05) is 6.54 Å². The number of nitrogens with zero attached hydrogens (tertiary/aromatic N) is 2. The topological polar surface area (TPSA) is 51.0 Å². The fraction of sp³-hybridized carbons (Fsp3) is 0.333. The van der Waals surface area contributed by atoms with Crippen molar-refractivity contribution in [2.24, 2.45) is 0 Å². The highest BCUT2D eigenvalue weighted by Gasteiger charge is 2.16. The highest BCUT2D eigenvalue weighted by molar-refractivity contribution is 6.36. The van der Waals surface area contributed by atoms with Gasteiger partial charge < -0.3 is 9.84 Å². The largest absolute Gasteiger partial charge is 0.343 e. The molecule has 4 nitrogen and oxygen atoms in total. The van der Waals surface area contributed by atoms with Crippen LogP contribution in [0.2, 0.25) is 10.0 Å². The third kappa shape index (κ3) is 3.43. The molecule has 7 heteroatoms. The molecule has 0 aliphatic carbocycles. The monoisotopic (exact) mass is 303 g/mol. The molecule has 1 N–H and O–H groups in total. The highest BCUT2D eigenvalue weighted by Crippen LogP contribution is 2.32. The van der Waals surface area contributed by atoms with E-state index >= 15 is 0 Å². The maximum absolute atomic E-state index is 13.4. The second-order valence-corrected chi connectivity index (χ2v) is 4.82. The zero-order chi connectivity index (χ0) is 13.8. The smallest absolute Gasteiger partial charge is 0.213 e. The van der Waals surface area contributed by atoms with E-state index in [1.54, 1.807) is 0 Å². The molecule has 0 spiro atoms. The summed E-state index contributed by atoms with van der Waals surface area (Å²) in [5.41, 5.74) is 0.552. The van der Waals surface area contributed by atoms with Gasteiger partial charge in [-0.1, -0.05) is 28.4 Å². The summed E-state index contributed by atoms with van der Waals surface area (Å²) in [7, 11) is 0. The second kappa shape index (κ2) is 6.32. The van der Waals surface area contributed by atoms with E-state index < -0.39 is 5.82 Å². The van der Waals surface area contributed by atoms with Crippen molar-refractivity contribution in [3.05, 3.63) is 45.8 Å². The fourth-order valence-electron chi connectivity index (χ4n) is 1.74. The first-order chi connectivity index (χ1) is 9.09. The molecule has 1 aromatic carbocycles. The van der Waals surface area contributed by atoms with E-state index in [0.29, 0.717) is 29.4 Å². The number of nitrogens with one attached hydrogen (secondary N) is 1. The van der Waals surface area contributed by atoms with Crippen LogP contribution in [0.15, 0.2) is 23.0 Å². The Hall–Kier alpha value is -1.17. The lowest BCUT2D eigenvalue weighted by Gasteiger charge is -2.17. The van der Waals surface area contributed by atoms with E-state index in [4.69, 9.17) is 23.2 Å². The zero-order valence-corrected chi connectivity index (χ0v) is 11.7. The van der Waals surface area contributed by atoms with Gasteiger partial charge in [0.05, 0.1) is 5.02 Å². The standard InChI is InChI=1S/C12H12Cl2FN3O/c1-7(16-5-4-10-17-6-19-18-10)11-8(13)2-3-9(15)12(11)14/h2-3,6-7,16H,4-5H2,1H3. The summed E-state index contributed by atoms with van der Waals surface area (Å²) in [6.07, 6.45) is 1.88. The van der Waals surface area contributed by atoms with Gasteiger partial charge in [0.2, 0.25) is 6.39 Å². The van der Waals surface area contributed by atoms with Crippen LogP contribution in [0.4, 0.5) is 4.39 Å². The van der Waals surface area contributed by atoms with Crippen LogP contribution in [0, 0.1) is 5.82 Å². The van der Waals surface area contributed by atoms with Crippen molar-refractivity contribution in [1.82, 2.24) is 15.5 Å². The normalized spacial score (nSPS) is 12.6. The first kappa shape index (κ1) is 14.2. The average Bonchev–Trinajstić information content (AvgIpc) is 2.87. The summed E-state index contributed by atoms with van der Waals surface area (Å²) in [6.45, 7) is 2.46. The first-order valence-corrected chi connectivity index (χ1v) is 6.47. The SMILES string of the molecule is CC(NCCc1ncon1)c1c(Cl)ccc(F)c1Cl. The van der Waals surface area contributed by atoms with Gasteiger partial charge in [-0.05, 0) is 19.1 Å². The van der Waals surface area contributed by atoms with Crippen LogP contribution < -0.4 is 5.32 Å². The van der Waals surface area contributed by atoms with E-state index in [0.717, 1.165) is 0 Å². The zero-order valence-electron chi connectivity index (χ0n) is 10.2. The Labute approximate surface area is 119 Å². The van der Waals surface area contributed by atoms with E-state index in [2.05, 4.69) is 20.0 Å². The molecule has 0 aliphatic rings. The lowest BCUT2D eigenvalue weighted by molar-refractivity contribution is 0.408. The molecule has 0 fully saturated rings. The fourth-order valence-corrected chi connectivity index (χ4v) is 2.44. The Morgan fingerprint density at radius 1 is 1.42 bits per heavy atom. The summed E-state index contributed by atoms with van der Waals surface area (Å²) < 4.78 is 18.0. The predicted molar refractivity (Wildman–Crippen MR) is 70.8 cm³/mol. The Morgan fingerprint density at radius 3 is 2.89 bits per heavy atom. The maximum Gasteiger partial charge on any atom is 0.213 e. The summed E-state index contributed by atoms with van der Waals surface area (Å²) in [6, 6.07) is 2.57. The van der Waals surface area contributed by atoms with Crippen molar-refractivity contribution in [1.29, 1.82) is 0 Å². The van der Waals surface area contributed by atoms with E-state index in [9.17, 15) is 4.39 Å². The molecule has 0 saturated heterocycles. The van der Waals surface area contributed by atoms with Crippen LogP contribution in [0.25, 0.3) is 0 Å². The third-order valence-corrected chi connectivity index (χ3v) is 3.43. The van der Waals surface area contributed by atoms with Crippen LogP contribution in [0.3, 0.4) is 0 Å². The van der Waals surface area contributed by atoms with Gasteiger partial charge in [0, 0.05) is 29.6 Å². The van der Waals surface area contributed by atoms with Crippen LogP contribution >= 0.6 is 23.2 Å². The molecule has 1 aromatic heterocycles. The summed E-state index contributed by atoms with van der Waals surface area (Å²) >= 11 is 12.0. The molecule has 1 heterocycles. The molecule has 0 aliphatic heterocycles. The Bertz CT molecular complexity index is 548. The number of hydrogen-bond donors (Lipinski definition) is 1. The third-order valence-electron chi connectivity index (χ3n) is 2.72. The minimum atomic E-state index is -0.479. The minimum absolute atomic E-state index is 0.0482. The van der Waals surface area contributed by atoms with Gasteiger partial charge in [-0.15, -0.1) is 0 Å². The summed E-state index contributed by atoms with van der Waals surface area (Å²) in [5.74, 6) is 0.129. The van der Waals surface area contributed by atoms with E-state index in [1.807, 2.05) is 6.92 Å². The Morgan fingerprint density at radius 2 is 2.21 bits per heavy atom. The van der Waals surface area contributed by atoms with Gasteiger partial charge in [0.1, 0.15) is 5.82 Å².